The van der Waals surface area contributed by atoms with E-state index >= 15 is 0 Å². The highest BCUT2D eigenvalue weighted by Gasteiger charge is 2.28. The van der Waals surface area contributed by atoms with Crippen LogP contribution in [0, 0.1) is 65.9 Å². The Labute approximate surface area is 197 Å². The van der Waals surface area contributed by atoms with Crippen molar-refractivity contribution in [3.8, 4) is 0 Å². The summed E-state index contributed by atoms with van der Waals surface area (Å²) < 4.78 is 39.8. The van der Waals surface area contributed by atoms with E-state index in [0.29, 0.717) is 5.92 Å². The molecule has 4 rings (SSSR count). The van der Waals surface area contributed by atoms with Crippen molar-refractivity contribution in [1.29, 1.82) is 0 Å². The summed E-state index contributed by atoms with van der Waals surface area (Å²) in [5.74, 6) is 0.440. The van der Waals surface area contributed by atoms with Crippen molar-refractivity contribution in [2.75, 3.05) is 0 Å². The Kier molecular flexibility index (Phi) is 9.34. The minimum absolute atomic E-state index is 0.0255. The fraction of sp³-hybridized carbons (Fsp3) is 0.400. The van der Waals surface area contributed by atoms with Crippen molar-refractivity contribution < 1.29 is 13.2 Å². The van der Waals surface area contributed by atoms with Gasteiger partial charge in [0.1, 0.15) is 17.5 Å². The minimum Gasteiger partial charge on any atom is -0.206 e. The molecule has 0 bridgehead atoms. The summed E-state index contributed by atoms with van der Waals surface area (Å²) in [7, 11) is 0. The molecule has 33 heavy (non-hydrogen) atoms. The Balaban J connectivity index is 0.000000176. The summed E-state index contributed by atoms with van der Waals surface area (Å²) in [6.45, 7) is 15.0. The first-order valence-electron chi connectivity index (χ1n) is 11.7. The molecule has 0 spiro atoms. The molecule has 0 unspecified atom stereocenters. The van der Waals surface area contributed by atoms with Crippen LogP contribution in [0.1, 0.15) is 75.8 Å². The molecule has 1 aliphatic carbocycles. The second-order valence-electron chi connectivity index (χ2n) is 9.19. The maximum atomic E-state index is 13.6. The first kappa shape index (κ1) is 26.7. The van der Waals surface area contributed by atoms with Gasteiger partial charge in [0.15, 0.2) is 0 Å². The third kappa shape index (κ3) is 6.72. The molecule has 0 heterocycles. The molecule has 3 aromatic rings. The van der Waals surface area contributed by atoms with Gasteiger partial charge < -0.3 is 0 Å². The van der Waals surface area contributed by atoms with Crippen LogP contribution in [-0.4, -0.2) is 0 Å². The van der Waals surface area contributed by atoms with Crippen molar-refractivity contribution in [3.05, 3.63) is 104 Å². The first-order valence-corrected chi connectivity index (χ1v) is 11.7. The molecule has 1 saturated carbocycles. The van der Waals surface area contributed by atoms with Gasteiger partial charge in [0.25, 0.3) is 0 Å². The Morgan fingerprint density at radius 2 is 1.00 bits per heavy atom. The van der Waals surface area contributed by atoms with Crippen LogP contribution < -0.4 is 0 Å². The molecule has 0 radical (unpaired) electrons. The molecule has 0 nitrogen and oxygen atoms in total. The number of rotatable bonds is 2. The lowest BCUT2D eigenvalue weighted by Crippen LogP contribution is -1.94. The predicted octanol–water partition coefficient (Wildman–Crippen LogP) is 9.08. The zero-order valence-corrected chi connectivity index (χ0v) is 21.3. The number of halogens is 3. The van der Waals surface area contributed by atoms with Crippen LogP contribution in [0.4, 0.5) is 13.2 Å². The van der Waals surface area contributed by atoms with Gasteiger partial charge in [-0.1, -0.05) is 43.3 Å². The average molecular weight is 455 g/mol. The minimum atomic E-state index is -0.0694. The molecular formula is C30H37F3. The SMILES string of the molecule is CCc1c(C)ccc(C)c1F.Cc1ccc(C)c(C2CC2)c1F.Cc1ccc(C)c(F)c1C. The zero-order chi connectivity index (χ0) is 24.9. The smallest absolute Gasteiger partial charge is 0.129 e. The quantitative estimate of drug-likeness (QED) is 0.362. The fourth-order valence-corrected chi connectivity index (χ4v) is 3.86. The number of benzene rings is 3. The van der Waals surface area contributed by atoms with Gasteiger partial charge >= 0.3 is 0 Å². The Hall–Kier alpha value is -2.55. The molecule has 3 aromatic carbocycles. The Bertz CT molecular complexity index is 1080. The van der Waals surface area contributed by atoms with E-state index in [4.69, 9.17) is 0 Å². The maximum absolute atomic E-state index is 13.6. The summed E-state index contributed by atoms with van der Waals surface area (Å²) >= 11 is 0. The van der Waals surface area contributed by atoms with Crippen LogP contribution in [-0.2, 0) is 6.42 Å². The summed E-state index contributed by atoms with van der Waals surface area (Å²) in [6.07, 6.45) is 3.11. The highest BCUT2D eigenvalue weighted by Crippen LogP contribution is 2.43. The van der Waals surface area contributed by atoms with E-state index in [9.17, 15) is 13.2 Å². The van der Waals surface area contributed by atoms with Crippen molar-refractivity contribution >= 4 is 0 Å². The van der Waals surface area contributed by atoms with E-state index in [2.05, 4.69) is 0 Å². The molecule has 0 atom stereocenters. The van der Waals surface area contributed by atoms with Crippen LogP contribution in [0.15, 0.2) is 36.4 Å². The van der Waals surface area contributed by atoms with Gasteiger partial charge in [-0.05, 0) is 124 Å². The van der Waals surface area contributed by atoms with Gasteiger partial charge in [-0.25, -0.2) is 13.2 Å². The summed E-state index contributed by atoms with van der Waals surface area (Å²) in [4.78, 5) is 0. The lowest BCUT2D eigenvalue weighted by atomic mass is 10.0. The van der Waals surface area contributed by atoms with Gasteiger partial charge in [-0.15, -0.1) is 0 Å². The van der Waals surface area contributed by atoms with Crippen LogP contribution in [0.3, 0.4) is 0 Å². The zero-order valence-electron chi connectivity index (χ0n) is 21.3. The van der Waals surface area contributed by atoms with Crippen molar-refractivity contribution in [2.45, 2.75) is 80.6 Å². The standard InChI is InChI=1S/C11H13F.C10H13F.C9H11F/c1-7-3-4-8(2)11(12)10(7)9-5-6-9;1-4-9-7(2)5-6-8(3)10(9)11;1-6-4-5-7(2)9(10)8(6)3/h3-4,9H,5-6H2,1-2H3;5-6H,4H2,1-3H3;4-5H,1-3H3. The Morgan fingerprint density at radius 3 is 1.45 bits per heavy atom. The monoisotopic (exact) mass is 454 g/mol. The van der Waals surface area contributed by atoms with E-state index in [1.165, 1.54) is 12.8 Å². The lowest BCUT2D eigenvalue weighted by Gasteiger charge is -2.07. The third-order valence-electron chi connectivity index (χ3n) is 6.45. The van der Waals surface area contributed by atoms with Crippen molar-refractivity contribution in [2.24, 2.45) is 0 Å². The molecule has 0 N–H and O–H groups in total. The largest absolute Gasteiger partial charge is 0.206 e. The topological polar surface area (TPSA) is 0 Å². The summed E-state index contributed by atoms with van der Waals surface area (Å²) in [5.41, 5.74) is 8.01. The normalized spacial score (nSPS) is 12.5. The van der Waals surface area contributed by atoms with Gasteiger partial charge in [-0.2, -0.15) is 0 Å². The van der Waals surface area contributed by atoms with Crippen LogP contribution in [0.2, 0.25) is 0 Å². The van der Waals surface area contributed by atoms with Gasteiger partial charge in [0, 0.05) is 0 Å². The van der Waals surface area contributed by atoms with E-state index < -0.39 is 0 Å². The predicted molar refractivity (Wildman–Crippen MR) is 134 cm³/mol. The molecule has 1 fully saturated rings. The van der Waals surface area contributed by atoms with Gasteiger partial charge in [0.05, 0.1) is 0 Å². The number of aryl methyl sites for hydroxylation is 6. The van der Waals surface area contributed by atoms with E-state index in [1.54, 1.807) is 26.8 Å². The lowest BCUT2D eigenvalue weighted by molar-refractivity contribution is 0.599. The van der Waals surface area contributed by atoms with Crippen molar-refractivity contribution in [3.63, 3.8) is 0 Å². The highest BCUT2D eigenvalue weighted by molar-refractivity contribution is 5.37. The average Bonchev–Trinajstić information content (AvgIpc) is 3.62. The molecule has 0 saturated heterocycles. The second-order valence-corrected chi connectivity index (χ2v) is 9.19. The number of hydrogen-bond acceptors (Lipinski definition) is 0. The van der Waals surface area contributed by atoms with Gasteiger partial charge in [0.2, 0.25) is 0 Å². The molecule has 0 aliphatic heterocycles. The summed E-state index contributed by atoms with van der Waals surface area (Å²) in [5, 5.41) is 0. The Morgan fingerprint density at radius 1 is 0.576 bits per heavy atom. The fourth-order valence-electron chi connectivity index (χ4n) is 3.86. The molecule has 0 aromatic heterocycles. The van der Waals surface area contributed by atoms with E-state index in [0.717, 1.165) is 56.5 Å². The number of hydrogen-bond donors (Lipinski definition) is 0. The second kappa shape index (κ2) is 11.5. The maximum Gasteiger partial charge on any atom is 0.129 e. The molecule has 1 aliphatic rings. The molecule has 3 heteroatoms. The highest BCUT2D eigenvalue weighted by atomic mass is 19.1. The van der Waals surface area contributed by atoms with Crippen LogP contribution >= 0.6 is 0 Å². The van der Waals surface area contributed by atoms with Crippen molar-refractivity contribution in [1.82, 2.24) is 0 Å². The van der Waals surface area contributed by atoms with E-state index in [1.807, 2.05) is 65.0 Å². The van der Waals surface area contributed by atoms with Crippen LogP contribution in [0.5, 0.6) is 0 Å². The molecular weight excluding hydrogens is 417 g/mol. The molecule has 178 valence electrons. The first-order chi connectivity index (χ1) is 15.5. The third-order valence-corrected chi connectivity index (χ3v) is 6.45. The van der Waals surface area contributed by atoms with Crippen LogP contribution in [0.25, 0.3) is 0 Å². The van der Waals surface area contributed by atoms with E-state index in [-0.39, 0.29) is 17.5 Å². The summed E-state index contributed by atoms with van der Waals surface area (Å²) in [6, 6.07) is 11.4. The molecule has 0 amide bonds. The van der Waals surface area contributed by atoms with Gasteiger partial charge in [-0.3, -0.25) is 0 Å².